The number of aryl methyl sites for hydroxylation is 2. The van der Waals surface area contributed by atoms with Gasteiger partial charge in [-0.1, -0.05) is 0 Å². The molecule has 2 aliphatic heterocycles. The maximum absolute atomic E-state index is 12.8. The molecule has 2 bridgehead atoms. The van der Waals surface area contributed by atoms with Gasteiger partial charge >= 0.3 is 0 Å². The fourth-order valence-electron chi connectivity index (χ4n) is 3.85. The molecular formula is C16H24N2O2. The number of carbonyl (C=O) groups is 1. The molecule has 1 aromatic heterocycles. The second-order valence-corrected chi connectivity index (χ2v) is 6.18. The van der Waals surface area contributed by atoms with Gasteiger partial charge in [-0.3, -0.25) is 4.79 Å². The average Bonchev–Trinajstić information content (AvgIpc) is 2.92. The van der Waals surface area contributed by atoms with Crippen molar-refractivity contribution in [3.05, 3.63) is 23.2 Å². The van der Waals surface area contributed by atoms with Crippen LogP contribution in [0.15, 0.2) is 10.5 Å². The van der Waals surface area contributed by atoms with E-state index in [0.717, 1.165) is 36.5 Å². The largest absolute Gasteiger partial charge is 0.466 e. The second-order valence-electron chi connectivity index (χ2n) is 6.18. The minimum absolute atomic E-state index is 0.133. The van der Waals surface area contributed by atoms with Crippen molar-refractivity contribution < 1.29 is 9.21 Å². The molecule has 2 saturated heterocycles. The number of piperidine rings is 1. The number of nitrogens with one attached hydrogen (secondary N) is 1. The summed E-state index contributed by atoms with van der Waals surface area (Å²) in [5.74, 6) is 1.68. The molecule has 1 amide bonds. The van der Waals surface area contributed by atoms with Crippen LogP contribution in [0.5, 0.6) is 0 Å². The molecule has 0 saturated carbocycles. The molecule has 110 valence electrons. The van der Waals surface area contributed by atoms with Crippen molar-refractivity contribution in [1.82, 2.24) is 10.2 Å². The zero-order valence-electron chi connectivity index (χ0n) is 12.6. The second kappa shape index (κ2) is 5.24. The highest BCUT2D eigenvalue weighted by molar-refractivity contribution is 5.95. The molecule has 0 radical (unpaired) electrons. The summed E-state index contributed by atoms with van der Waals surface area (Å²) in [7, 11) is 0. The number of fused-ring (bicyclic) bond motifs is 2. The van der Waals surface area contributed by atoms with Crippen molar-refractivity contribution in [2.45, 2.75) is 64.6 Å². The summed E-state index contributed by atoms with van der Waals surface area (Å²) in [6.07, 6.45) is 4.70. The van der Waals surface area contributed by atoms with E-state index in [4.69, 9.17) is 4.42 Å². The number of furan rings is 1. The SMILES string of the molecule is CCN(C(=O)c1cc(C)oc1C)C1CC2CCC(C1)N2. The molecule has 3 heterocycles. The van der Waals surface area contributed by atoms with Crippen molar-refractivity contribution >= 4 is 5.91 Å². The smallest absolute Gasteiger partial charge is 0.257 e. The highest BCUT2D eigenvalue weighted by Gasteiger charge is 2.37. The van der Waals surface area contributed by atoms with Crippen molar-refractivity contribution in [2.24, 2.45) is 0 Å². The van der Waals surface area contributed by atoms with Crippen LogP contribution >= 0.6 is 0 Å². The maximum atomic E-state index is 12.8. The number of hydrogen-bond donors (Lipinski definition) is 1. The predicted molar refractivity (Wildman–Crippen MR) is 77.9 cm³/mol. The van der Waals surface area contributed by atoms with Crippen LogP contribution in [0.25, 0.3) is 0 Å². The minimum atomic E-state index is 0.133. The van der Waals surface area contributed by atoms with Gasteiger partial charge in [-0.25, -0.2) is 0 Å². The van der Waals surface area contributed by atoms with Gasteiger partial charge in [0.1, 0.15) is 11.5 Å². The lowest BCUT2D eigenvalue weighted by Crippen LogP contribution is -2.50. The molecule has 0 aliphatic carbocycles. The van der Waals surface area contributed by atoms with Gasteiger partial charge in [-0.15, -0.1) is 0 Å². The van der Waals surface area contributed by atoms with E-state index in [2.05, 4.69) is 12.2 Å². The summed E-state index contributed by atoms with van der Waals surface area (Å²) in [5.41, 5.74) is 0.732. The molecule has 2 fully saturated rings. The van der Waals surface area contributed by atoms with E-state index < -0.39 is 0 Å². The Morgan fingerprint density at radius 2 is 2.00 bits per heavy atom. The standard InChI is InChI=1S/C16H24N2O2/c1-4-18(14-8-12-5-6-13(9-14)17-12)16(19)15-7-10(2)20-11(15)3/h7,12-14,17H,4-6,8-9H2,1-3H3. The first-order valence-electron chi connectivity index (χ1n) is 7.72. The van der Waals surface area contributed by atoms with Gasteiger partial charge < -0.3 is 14.6 Å². The minimum Gasteiger partial charge on any atom is -0.466 e. The topological polar surface area (TPSA) is 45.5 Å². The van der Waals surface area contributed by atoms with Gasteiger partial charge in [0.25, 0.3) is 5.91 Å². The number of hydrogen-bond acceptors (Lipinski definition) is 3. The summed E-state index contributed by atoms with van der Waals surface area (Å²) in [6, 6.07) is 3.46. The van der Waals surface area contributed by atoms with Crippen molar-refractivity contribution in [1.29, 1.82) is 0 Å². The van der Waals surface area contributed by atoms with E-state index in [9.17, 15) is 4.79 Å². The van der Waals surface area contributed by atoms with E-state index >= 15 is 0 Å². The first-order valence-corrected chi connectivity index (χ1v) is 7.72. The van der Waals surface area contributed by atoms with Gasteiger partial charge in [0, 0.05) is 24.7 Å². The fourth-order valence-corrected chi connectivity index (χ4v) is 3.85. The van der Waals surface area contributed by atoms with Crippen LogP contribution in [0, 0.1) is 13.8 Å². The van der Waals surface area contributed by atoms with Crippen LogP contribution < -0.4 is 5.32 Å². The average molecular weight is 276 g/mol. The lowest BCUT2D eigenvalue weighted by molar-refractivity contribution is 0.0629. The summed E-state index contributed by atoms with van der Waals surface area (Å²) < 4.78 is 5.51. The molecule has 2 unspecified atom stereocenters. The Kier molecular flexibility index (Phi) is 3.59. The number of amides is 1. The maximum Gasteiger partial charge on any atom is 0.257 e. The number of carbonyl (C=O) groups excluding carboxylic acids is 1. The predicted octanol–water partition coefficient (Wildman–Crippen LogP) is 2.64. The molecule has 2 aliphatic rings. The third-order valence-corrected chi connectivity index (χ3v) is 4.76. The Labute approximate surface area is 120 Å². The van der Waals surface area contributed by atoms with E-state index in [1.807, 2.05) is 24.8 Å². The quantitative estimate of drug-likeness (QED) is 0.923. The van der Waals surface area contributed by atoms with Crippen molar-refractivity contribution in [2.75, 3.05) is 6.54 Å². The van der Waals surface area contributed by atoms with E-state index in [1.54, 1.807) is 0 Å². The molecule has 0 aromatic carbocycles. The number of nitrogens with zero attached hydrogens (tertiary/aromatic N) is 1. The van der Waals surface area contributed by atoms with E-state index in [1.165, 1.54) is 12.8 Å². The zero-order chi connectivity index (χ0) is 14.3. The Balaban J connectivity index is 1.79. The highest BCUT2D eigenvalue weighted by atomic mass is 16.3. The Morgan fingerprint density at radius 1 is 1.35 bits per heavy atom. The van der Waals surface area contributed by atoms with Gasteiger partial charge in [0.05, 0.1) is 5.56 Å². The first kappa shape index (κ1) is 13.7. The van der Waals surface area contributed by atoms with Crippen molar-refractivity contribution in [3.8, 4) is 0 Å². The molecule has 1 N–H and O–H groups in total. The van der Waals surface area contributed by atoms with Gasteiger partial charge in [-0.2, -0.15) is 0 Å². The third-order valence-electron chi connectivity index (χ3n) is 4.76. The molecule has 3 rings (SSSR count). The molecular weight excluding hydrogens is 252 g/mol. The van der Waals surface area contributed by atoms with E-state index in [0.29, 0.717) is 18.1 Å². The van der Waals surface area contributed by atoms with Gasteiger partial charge in [-0.05, 0) is 52.5 Å². The van der Waals surface area contributed by atoms with Crippen LogP contribution in [0.3, 0.4) is 0 Å². The Hall–Kier alpha value is -1.29. The lowest BCUT2D eigenvalue weighted by Gasteiger charge is -2.37. The normalized spacial score (nSPS) is 28.6. The highest BCUT2D eigenvalue weighted by Crippen LogP contribution is 2.30. The van der Waals surface area contributed by atoms with Crippen LogP contribution in [-0.4, -0.2) is 35.5 Å². The van der Waals surface area contributed by atoms with Crippen LogP contribution in [-0.2, 0) is 0 Å². The monoisotopic (exact) mass is 276 g/mol. The van der Waals surface area contributed by atoms with Crippen molar-refractivity contribution in [3.63, 3.8) is 0 Å². The Morgan fingerprint density at radius 3 is 2.50 bits per heavy atom. The third kappa shape index (κ3) is 2.37. The van der Waals surface area contributed by atoms with Gasteiger partial charge in [0.15, 0.2) is 0 Å². The molecule has 1 aromatic rings. The van der Waals surface area contributed by atoms with Crippen LogP contribution in [0.2, 0.25) is 0 Å². The summed E-state index contributed by atoms with van der Waals surface area (Å²) in [6.45, 7) is 6.61. The van der Waals surface area contributed by atoms with Crippen LogP contribution in [0.1, 0.15) is 54.5 Å². The Bertz CT molecular complexity index is 497. The first-order chi connectivity index (χ1) is 9.58. The molecule has 2 atom stereocenters. The fraction of sp³-hybridized carbons (Fsp3) is 0.688. The summed E-state index contributed by atoms with van der Waals surface area (Å²) in [4.78, 5) is 14.8. The number of rotatable bonds is 3. The summed E-state index contributed by atoms with van der Waals surface area (Å²) in [5, 5.41) is 3.64. The zero-order valence-corrected chi connectivity index (χ0v) is 12.6. The lowest BCUT2D eigenvalue weighted by atomic mass is 9.97. The molecule has 20 heavy (non-hydrogen) atoms. The van der Waals surface area contributed by atoms with Crippen LogP contribution in [0.4, 0.5) is 0 Å². The van der Waals surface area contributed by atoms with Gasteiger partial charge in [0.2, 0.25) is 0 Å². The van der Waals surface area contributed by atoms with E-state index in [-0.39, 0.29) is 5.91 Å². The molecule has 0 spiro atoms. The summed E-state index contributed by atoms with van der Waals surface area (Å²) >= 11 is 0. The molecule has 4 heteroatoms. The molecule has 4 nitrogen and oxygen atoms in total.